The van der Waals surface area contributed by atoms with E-state index < -0.39 is 11.6 Å². The second kappa shape index (κ2) is 6.91. The topological polar surface area (TPSA) is 84.3 Å². The predicted octanol–water partition coefficient (Wildman–Crippen LogP) is 1.92. The van der Waals surface area contributed by atoms with E-state index in [1.54, 1.807) is 31.5 Å². The summed E-state index contributed by atoms with van der Waals surface area (Å²) in [4.78, 5) is 21.5. The quantitative estimate of drug-likeness (QED) is 0.617. The molecule has 1 aliphatic rings. The van der Waals surface area contributed by atoms with Crippen LogP contribution in [0.15, 0.2) is 41.8 Å². The lowest BCUT2D eigenvalue weighted by Gasteiger charge is -2.39. The van der Waals surface area contributed by atoms with E-state index in [0.29, 0.717) is 18.9 Å². The van der Waals surface area contributed by atoms with Crippen molar-refractivity contribution in [2.75, 3.05) is 6.61 Å². The van der Waals surface area contributed by atoms with Crippen molar-refractivity contribution < 1.29 is 14.7 Å². The summed E-state index contributed by atoms with van der Waals surface area (Å²) >= 11 is 0. The molecule has 1 aliphatic carbocycles. The third-order valence-electron chi connectivity index (χ3n) is 3.80. The number of aromatic nitrogens is 2. The molecule has 2 N–H and O–H groups in total. The summed E-state index contributed by atoms with van der Waals surface area (Å²) < 4.78 is 5.59. The van der Waals surface area contributed by atoms with E-state index in [9.17, 15) is 10.0 Å². The predicted molar refractivity (Wildman–Crippen MR) is 81.2 cm³/mol. The van der Waals surface area contributed by atoms with Crippen LogP contribution in [0.5, 0.6) is 0 Å². The maximum absolute atomic E-state index is 12.9. The minimum absolute atomic E-state index is 0.199. The Hall–Kier alpha value is -1.89. The summed E-state index contributed by atoms with van der Waals surface area (Å²) in [6, 6.07) is 1.68. The average molecular weight is 303 g/mol. The Kier molecular flexibility index (Phi) is 5.18. The molecule has 0 spiro atoms. The second-order valence-corrected chi connectivity index (χ2v) is 5.12. The maximum Gasteiger partial charge on any atom is 0.177 e. The van der Waals surface area contributed by atoms with Gasteiger partial charge in [0.25, 0.3) is 0 Å². The minimum atomic E-state index is -1.26. The van der Waals surface area contributed by atoms with Crippen LogP contribution in [0.3, 0.4) is 0 Å². The Morgan fingerprint density at radius 3 is 2.55 bits per heavy atom. The van der Waals surface area contributed by atoms with E-state index in [2.05, 4.69) is 15.4 Å². The molecule has 118 valence electrons. The Labute approximate surface area is 129 Å². The van der Waals surface area contributed by atoms with Gasteiger partial charge in [0.1, 0.15) is 5.82 Å². The van der Waals surface area contributed by atoms with Gasteiger partial charge in [0.2, 0.25) is 0 Å². The normalized spacial score (nSPS) is 23.0. The number of allylic oxidation sites excluding steroid dienone is 3. The number of nitrogens with zero attached hydrogens (tertiary/aromatic N) is 2. The van der Waals surface area contributed by atoms with Crippen LogP contribution < -0.4 is 5.48 Å². The van der Waals surface area contributed by atoms with Gasteiger partial charge in [-0.15, -0.1) is 0 Å². The fourth-order valence-corrected chi connectivity index (χ4v) is 2.89. The highest BCUT2D eigenvalue weighted by atomic mass is 16.6. The van der Waals surface area contributed by atoms with Gasteiger partial charge in [0, 0.05) is 19.0 Å². The largest absolute Gasteiger partial charge is 0.360 e. The van der Waals surface area contributed by atoms with Crippen molar-refractivity contribution in [1.82, 2.24) is 15.4 Å². The van der Waals surface area contributed by atoms with Gasteiger partial charge in [0.05, 0.1) is 0 Å². The van der Waals surface area contributed by atoms with Crippen LogP contribution in [0.2, 0.25) is 0 Å². The van der Waals surface area contributed by atoms with Crippen LogP contribution in [0.4, 0.5) is 0 Å². The molecule has 1 aromatic rings. The molecule has 0 fully saturated rings. The lowest BCUT2D eigenvalue weighted by molar-refractivity contribution is -0.134. The molecule has 0 saturated heterocycles. The summed E-state index contributed by atoms with van der Waals surface area (Å²) in [6.45, 7) is 5.95. The molecule has 0 bridgehead atoms. The molecule has 0 amide bonds. The highest BCUT2D eigenvalue weighted by molar-refractivity contribution is 6.04. The number of nitrogens with one attached hydrogen (secondary N) is 1. The Morgan fingerprint density at radius 2 is 2.00 bits per heavy atom. The number of hydroxylamine groups is 1. The van der Waals surface area contributed by atoms with E-state index in [-0.39, 0.29) is 5.78 Å². The maximum atomic E-state index is 12.9. The zero-order valence-corrected chi connectivity index (χ0v) is 13.0. The summed E-state index contributed by atoms with van der Waals surface area (Å²) in [5, 5.41) is 9.60. The van der Waals surface area contributed by atoms with Gasteiger partial charge in [-0.3, -0.25) is 4.79 Å². The molecule has 1 aromatic heterocycles. The Balaban J connectivity index is 2.70. The standard InChI is InChI=1S/C16H21N3O3/c1-4-12-9-11(3)10-13(20)16(12,15(19-21)22-5-2)14-17-7-6-8-18-14/h6-10,15,19,21H,4-5H2,1-3H3. The van der Waals surface area contributed by atoms with Gasteiger partial charge < -0.3 is 9.94 Å². The van der Waals surface area contributed by atoms with Crippen LogP contribution in [-0.4, -0.2) is 33.8 Å². The average Bonchev–Trinajstić information content (AvgIpc) is 2.53. The van der Waals surface area contributed by atoms with Gasteiger partial charge in [0.15, 0.2) is 17.4 Å². The van der Waals surface area contributed by atoms with E-state index in [0.717, 1.165) is 11.1 Å². The summed E-state index contributed by atoms with van der Waals surface area (Å²) in [7, 11) is 0. The molecule has 2 rings (SSSR count). The van der Waals surface area contributed by atoms with Crippen molar-refractivity contribution in [3.05, 3.63) is 47.6 Å². The highest BCUT2D eigenvalue weighted by Crippen LogP contribution is 2.40. The molecule has 0 saturated carbocycles. The molecule has 2 atom stereocenters. The molecule has 2 unspecified atom stereocenters. The SMILES string of the molecule is CCOC(NO)C1(c2ncccn2)C(=O)C=C(C)C=C1CC. The lowest BCUT2D eigenvalue weighted by Crippen LogP contribution is -2.56. The molecule has 1 heterocycles. The number of carbonyl (C=O) groups excluding carboxylic acids is 1. The second-order valence-electron chi connectivity index (χ2n) is 5.12. The van der Waals surface area contributed by atoms with Crippen molar-refractivity contribution in [3.63, 3.8) is 0 Å². The molecule has 0 radical (unpaired) electrons. The molecular formula is C16H21N3O3. The molecular weight excluding hydrogens is 282 g/mol. The number of hydrogen-bond acceptors (Lipinski definition) is 6. The number of carbonyl (C=O) groups is 1. The zero-order valence-electron chi connectivity index (χ0n) is 13.0. The fourth-order valence-electron chi connectivity index (χ4n) is 2.89. The van der Waals surface area contributed by atoms with Crippen LogP contribution in [0, 0.1) is 0 Å². The van der Waals surface area contributed by atoms with E-state index in [4.69, 9.17) is 4.74 Å². The minimum Gasteiger partial charge on any atom is -0.360 e. The summed E-state index contributed by atoms with van der Waals surface area (Å²) in [6.07, 6.45) is 6.29. The van der Waals surface area contributed by atoms with Crippen molar-refractivity contribution in [3.8, 4) is 0 Å². The van der Waals surface area contributed by atoms with Crippen LogP contribution in [-0.2, 0) is 14.9 Å². The number of ether oxygens (including phenoxy) is 1. The molecule has 22 heavy (non-hydrogen) atoms. The van der Waals surface area contributed by atoms with Gasteiger partial charge in [-0.25, -0.2) is 9.97 Å². The van der Waals surface area contributed by atoms with Crippen molar-refractivity contribution >= 4 is 5.78 Å². The van der Waals surface area contributed by atoms with Gasteiger partial charge in [-0.1, -0.05) is 13.0 Å². The number of hydrogen-bond donors (Lipinski definition) is 2. The smallest absolute Gasteiger partial charge is 0.177 e. The molecule has 6 nitrogen and oxygen atoms in total. The van der Waals surface area contributed by atoms with Crippen LogP contribution >= 0.6 is 0 Å². The first-order valence-electron chi connectivity index (χ1n) is 7.33. The number of ketones is 1. The molecule has 6 heteroatoms. The first kappa shape index (κ1) is 16.5. The van der Waals surface area contributed by atoms with Crippen LogP contribution in [0.1, 0.15) is 33.0 Å². The first-order valence-corrected chi connectivity index (χ1v) is 7.33. The van der Waals surface area contributed by atoms with Crippen molar-refractivity contribution in [2.45, 2.75) is 38.8 Å². The summed E-state index contributed by atoms with van der Waals surface area (Å²) in [5.41, 5.74) is 2.54. The first-order chi connectivity index (χ1) is 10.6. The van der Waals surface area contributed by atoms with Gasteiger partial charge >= 0.3 is 0 Å². The monoisotopic (exact) mass is 303 g/mol. The van der Waals surface area contributed by atoms with Crippen molar-refractivity contribution in [2.24, 2.45) is 0 Å². The van der Waals surface area contributed by atoms with Gasteiger partial charge in [-0.2, -0.15) is 5.48 Å². The molecule has 0 aliphatic heterocycles. The third-order valence-corrected chi connectivity index (χ3v) is 3.80. The number of rotatable bonds is 6. The van der Waals surface area contributed by atoms with E-state index >= 15 is 0 Å². The van der Waals surface area contributed by atoms with Crippen LogP contribution in [0.25, 0.3) is 0 Å². The fraction of sp³-hybridized carbons (Fsp3) is 0.438. The summed E-state index contributed by atoms with van der Waals surface area (Å²) in [5.74, 6) is 0.118. The lowest BCUT2D eigenvalue weighted by atomic mass is 9.69. The Morgan fingerprint density at radius 1 is 1.32 bits per heavy atom. The van der Waals surface area contributed by atoms with E-state index in [1.807, 2.05) is 19.9 Å². The highest BCUT2D eigenvalue weighted by Gasteiger charge is 2.53. The van der Waals surface area contributed by atoms with Crippen molar-refractivity contribution in [1.29, 1.82) is 0 Å². The molecule has 0 aromatic carbocycles. The van der Waals surface area contributed by atoms with Gasteiger partial charge in [-0.05, 0) is 43.6 Å². The zero-order chi connectivity index (χ0) is 16.2. The Bertz CT molecular complexity index is 598. The third kappa shape index (κ3) is 2.61. The van der Waals surface area contributed by atoms with E-state index in [1.165, 1.54) is 0 Å².